The van der Waals surface area contributed by atoms with Gasteiger partial charge in [0.1, 0.15) is 0 Å². The molecule has 0 saturated heterocycles. The van der Waals surface area contributed by atoms with Crippen LogP contribution >= 0.6 is 0 Å². The van der Waals surface area contributed by atoms with Gasteiger partial charge in [0, 0.05) is 17.8 Å². The van der Waals surface area contributed by atoms with E-state index in [1.54, 1.807) is 0 Å². The van der Waals surface area contributed by atoms with Crippen LogP contribution in [0.15, 0.2) is 24.4 Å². The van der Waals surface area contributed by atoms with Gasteiger partial charge in [-0.15, -0.1) is 0 Å². The smallest absolute Gasteiger partial charge is 0.0546 e. The molecule has 0 aliphatic heterocycles. The van der Waals surface area contributed by atoms with Crippen LogP contribution in [0.1, 0.15) is 30.9 Å². The van der Waals surface area contributed by atoms with Crippen molar-refractivity contribution in [2.24, 2.45) is 0 Å². The predicted octanol–water partition coefficient (Wildman–Crippen LogP) is 1.71. The SMILES string of the molecule is O[C@@H]1CC[C@H](c2ccccn2)C1. The molecule has 1 aromatic heterocycles. The molecule has 0 bridgehead atoms. The van der Waals surface area contributed by atoms with Crippen molar-refractivity contribution < 1.29 is 5.11 Å². The fourth-order valence-corrected chi connectivity index (χ4v) is 1.84. The summed E-state index contributed by atoms with van der Waals surface area (Å²) in [6.07, 6.45) is 4.62. The molecule has 12 heavy (non-hydrogen) atoms. The number of aromatic nitrogens is 1. The first kappa shape index (κ1) is 7.74. The van der Waals surface area contributed by atoms with E-state index in [0.717, 1.165) is 25.0 Å². The lowest BCUT2D eigenvalue weighted by atomic mass is 10.0. The van der Waals surface area contributed by atoms with Gasteiger partial charge in [0.15, 0.2) is 0 Å². The fraction of sp³-hybridized carbons (Fsp3) is 0.500. The van der Waals surface area contributed by atoms with Crippen LogP contribution in [0.25, 0.3) is 0 Å². The van der Waals surface area contributed by atoms with Crippen LogP contribution in [0.2, 0.25) is 0 Å². The van der Waals surface area contributed by atoms with Crippen LogP contribution in [-0.2, 0) is 0 Å². The summed E-state index contributed by atoms with van der Waals surface area (Å²) < 4.78 is 0. The standard InChI is InChI=1S/C10H13NO/c12-9-5-4-8(7-9)10-3-1-2-6-11-10/h1-3,6,8-9,12H,4-5,7H2/t8-,9+/m0/s1. The Bertz CT molecular complexity index is 247. The lowest BCUT2D eigenvalue weighted by molar-refractivity contribution is 0.181. The third-order valence-corrected chi connectivity index (χ3v) is 2.51. The summed E-state index contributed by atoms with van der Waals surface area (Å²) >= 11 is 0. The van der Waals surface area contributed by atoms with Crippen molar-refractivity contribution in [1.82, 2.24) is 4.98 Å². The van der Waals surface area contributed by atoms with Crippen LogP contribution in [0.5, 0.6) is 0 Å². The molecule has 2 atom stereocenters. The molecule has 1 fully saturated rings. The van der Waals surface area contributed by atoms with Crippen LogP contribution < -0.4 is 0 Å². The molecule has 1 aromatic rings. The molecule has 1 aliphatic rings. The van der Waals surface area contributed by atoms with Crippen molar-refractivity contribution in [2.75, 3.05) is 0 Å². The molecular formula is C10H13NO. The van der Waals surface area contributed by atoms with E-state index in [2.05, 4.69) is 4.98 Å². The van der Waals surface area contributed by atoms with E-state index < -0.39 is 0 Å². The number of nitrogens with zero attached hydrogens (tertiary/aromatic N) is 1. The summed E-state index contributed by atoms with van der Waals surface area (Å²) in [6.45, 7) is 0. The fourth-order valence-electron chi connectivity index (χ4n) is 1.84. The van der Waals surface area contributed by atoms with Gasteiger partial charge in [-0.1, -0.05) is 6.07 Å². The quantitative estimate of drug-likeness (QED) is 0.683. The molecule has 2 heteroatoms. The minimum absolute atomic E-state index is 0.1000. The highest BCUT2D eigenvalue weighted by atomic mass is 16.3. The maximum absolute atomic E-state index is 9.33. The van der Waals surface area contributed by atoms with E-state index in [1.165, 1.54) is 0 Å². The van der Waals surface area contributed by atoms with Crippen LogP contribution in [0.3, 0.4) is 0 Å². The molecule has 1 aliphatic carbocycles. The molecule has 64 valence electrons. The minimum Gasteiger partial charge on any atom is -0.393 e. The van der Waals surface area contributed by atoms with Crippen molar-refractivity contribution in [2.45, 2.75) is 31.3 Å². The number of rotatable bonds is 1. The van der Waals surface area contributed by atoms with Gasteiger partial charge in [-0.05, 0) is 31.4 Å². The lowest BCUT2D eigenvalue weighted by Crippen LogP contribution is -2.00. The monoisotopic (exact) mass is 163 g/mol. The van der Waals surface area contributed by atoms with E-state index in [9.17, 15) is 5.11 Å². The summed E-state index contributed by atoms with van der Waals surface area (Å²) in [5.74, 6) is 0.487. The Balaban J connectivity index is 2.11. The summed E-state index contributed by atoms with van der Waals surface area (Å²) in [7, 11) is 0. The second-order valence-corrected chi connectivity index (χ2v) is 3.42. The first-order valence-corrected chi connectivity index (χ1v) is 4.45. The summed E-state index contributed by atoms with van der Waals surface area (Å²) in [6, 6.07) is 5.98. The molecule has 0 spiro atoms. The van der Waals surface area contributed by atoms with E-state index in [0.29, 0.717) is 5.92 Å². The van der Waals surface area contributed by atoms with Gasteiger partial charge in [0.25, 0.3) is 0 Å². The number of hydrogen-bond donors (Lipinski definition) is 1. The first-order chi connectivity index (χ1) is 5.86. The normalized spacial score (nSPS) is 29.1. The van der Waals surface area contributed by atoms with E-state index in [-0.39, 0.29) is 6.10 Å². The maximum Gasteiger partial charge on any atom is 0.0546 e. The molecule has 2 nitrogen and oxygen atoms in total. The maximum atomic E-state index is 9.33. The van der Waals surface area contributed by atoms with Gasteiger partial charge >= 0.3 is 0 Å². The molecular weight excluding hydrogens is 150 g/mol. The number of hydrogen-bond acceptors (Lipinski definition) is 2. The topological polar surface area (TPSA) is 33.1 Å². The van der Waals surface area contributed by atoms with E-state index in [1.807, 2.05) is 24.4 Å². The van der Waals surface area contributed by atoms with Crippen molar-refractivity contribution in [1.29, 1.82) is 0 Å². The zero-order valence-electron chi connectivity index (χ0n) is 6.98. The Kier molecular flexibility index (Phi) is 2.09. The van der Waals surface area contributed by atoms with Gasteiger partial charge in [-0.2, -0.15) is 0 Å². The highest BCUT2D eigenvalue weighted by molar-refractivity contribution is 5.11. The Morgan fingerprint density at radius 2 is 2.25 bits per heavy atom. The van der Waals surface area contributed by atoms with Crippen molar-refractivity contribution >= 4 is 0 Å². The first-order valence-electron chi connectivity index (χ1n) is 4.45. The van der Waals surface area contributed by atoms with E-state index >= 15 is 0 Å². The third kappa shape index (κ3) is 1.48. The Labute approximate surface area is 72.3 Å². The Hall–Kier alpha value is -0.890. The zero-order chi connectivity index (χ0) is 8.39. The van der Waals surface area contributed by atoms with Gasteiger partial charge in [-0.3, -0.25) is 4.98 Å². The Morgan fingerprint density at radius 3 is 2.83 bits per heavy atom. The molecule has 0 amide bonds. The van der Waals surface area contributed by atoms with Gasteiger partial charge in [0.05, 0.1) is 6.10 Å². The van der Waals surface area contributed by atoms with Gasteiger partial charge in [-0.25, -0.2) is 0 Å². The van der Waals surface area contributed by atoms with Gasteiger partial charge < -0.3 is 5.11 Å². The number of pyridine rings is 1. The minimum atomic E-state index is -0.1000. The molecule has 0 unspecified atom stereocenters. The summed E-state index contributed by atoms with van der Waals surface area (Å²) in [5.41, 5.74) is 1.13. The highest BCUT2D eigenvalue weighted by Crippen LogP contribution is 2.32. The second-order valence-electron chi connectivity index (χ2n) is 3.42. The number of aliphatic hydroxyl groups is 1. The molecule has 2 rings (SSSR count). The molecule has 1 saturated carbocycles. The van der Waals surface area contributed by atoms with Crippen LogP contribution in [0, 0.1) is 0 Å². The van der Waals surface area contributed by atoms with Crippen LogP contribution in [-0.4, -0.2) is 16.2 Å². The molecule has 1 N–H and O–H groups in total. The van der Waals surface area contributed by atoms with Crippen molar-refractivity contribution in [3.8, 4) is 0 Å². The van der Waals surface area contributed by atoms with Crippen molar-refractivity contribution in [3.63, 3.8) is 0 Å². The van der Waals surface area contributed by atoms with Crippen molar-refractivity contribution in [3.05, 3.63) is 30.1 Å². The second kappa shape index (κ2) is 3.23. The third-order valence-electron chi connectivity index (χ3n) is 2.51. The van der Waals surface area contributed by atoms with Crippen LogP contribution in [0.4, 0.5) is 0 Å². The average Bonchev–Trinajstić information content (AvgIpc) is 2.54. The molecule has 0 aromatic carbocycles. The summed E-state index contributed by atoms with van der Waals surface area (Å²) in [4.78, 5) is 4.28. The predicted molar refractivity (Wildman–Crippen MR) is 46.8 cm³/mol. The average molecular weight is 163 g/mol. The largest absolute Gasteiger partial charge is 0.393 e. The number of aliphatic hydroxyl groups excluding tert-OH is 1. The molecule has 0 radical (unpaired) electrons. The Morgan fingerprint density at radius 1 is 1.33 bits per heavy atom. The summed E-state index contributed by atoms with van der Waals surface area (Å²) in [5, 5.41) is 9.33. The highest BCUT2D eigenvalue weighted by Gasteiger charge is 2.24. The van der Waals surface area contributed by atoms with Gasteiger partial charge in [0.2, 0.25) is 0 Å². The van der Waals surface area contributed by atoms with E-state index in [4.69, 9.17) is 0 Å². The molecule has 1 heterocycles. The lowest BCUT2D eigenvalue weighted by Gasteiger charge is -2.06. The zero-order valence-corrected chi connectivity index (χ0v) is 6.98.